The van der Waals surface area contributed by atoms with Crippen LogP contribution < -0.4 is 16.4 Å². The van der Waals surface area contributed by atoms with Crippen LogP contribution in [0.1, 0.15) is 6.92 Å². The Hall–Kier alpha value is -3.88. The molecule has 0 saturated heterocycles. The molecule has 164 valence electrons. The van der Waals surface area contributed by atoms with Gasteiger partial charge in [-0.1, -0.05) is 144 Å². The molecule has 1 nitrogen and oxygen atoms in total. The van der Waals surface area contributed by atoms with Crippen molar-refractivity contribution in [1.82, 2.24) is 0 Å². The maximum Gasteiger partial charge on any atom is 0.199 e. The number of benzene rings is 6. The van der Waals surface area contributed by atoms with Crippen LogP contribution in [-0.4, -0.2) is 13.0 Å². The van der Waals surface area contributed by atoms with E-state index in [1.807, 2.05) is 0 Å². The molecule has 2 heteroatoms. The van der Waals surface area contributed by atoms with Crippen LogP contribution in [0.2, 0.25) is 0 Å². The monoisotopic (exact) mass is 437 g/mol. The van der Waals surface area contributed by atoms with E-state index in [1.54, 1.807) is 0 Å². The van der Waals surface area contributed by atoms with Crippen molar-refractivity contribution in [2.24, 2.45) is 0 Å². The summed E-state index contributed by atoms with van der Waals surface area (Å²) in [5, 5.41) is 7.39. The van der Waals surface area contributed by atoms with Crippen LogP contribution >= 0.6 is 0 Å². The van der Waals surface area contributed by atoms with Crippen LogP contribution in [0.3, 0.4) is 0 Å². The van der Waals surface area contributed by atoms with E-state index >= 15 is 0 Å². The smallest absolute Gasteiger partial charge is 0.199 e. The summed E-state index contributed by atoms with van der Waals surface area (Å²) in [4.78, 5) is 0. The first-order valence-corrected chi connectivity index (χ1v) is 12.1. The summed E-state index contributed by atoms with van der Waals surface area (Å²) < 4.78 is 7.07. The molecule has 6 aromatic rings. The average molecular weight is 437 g/mol. The van der Waals surface area contributed by atoms with Gasteiger partial charge in [0, 0.05) is 0 Å². The van der Waals surface area contributed by atoms with Gasteiger partial charge in [0.25, 0.3) is 0 Å². The van der Waals surface area contributed by atoms with E-state index in [0.29, 0.717) is 6.61 Å². The molecule has 0 amide bonds. The fourth-order valence-corrected chi connectivity index (χ4v) is 5.84. The van der Waals surface area contributed by atoms with Gasteiger partial charge in [-0.3, -0.25) is 0 Å². The molecule has 0 aliphatic rings. The van der Waals surface area contributed by atoms with Gasteiger partial charge in [0.1, 0.15) is 0 Å². The molecule has 0 aliphatic carbocycles. The Bertz CT molecular complexity index is 1430. The Kier molecular flexibility index (Phi) is 5.17. The lowest BCUT2D eigenvalue weighted by Crippen LogP contribution is -2.69. The fraction of sp³-hybridized carbons (Fsp3) is 0.0625. The Balaban J connectivity index is 1.84. The summed E-state index contributed by atoms with van der Waals surface area (Å²) in [5.74, 6) is 0. The van der Waals surface area contributed by atoms with E-state index < -0.39 is 6.35 Å². The van der Waals surface area contributed by atoms with E-state index in [4.69, 9.17) is 4.65 Å². The number of rotatable bonds is 5. The Labute approximate surface area is 200 Å². The summed E-state index contributed by atoms with van der Waals surface area (Å²) in [6.45, 7) is 2.72. The average Bonchev–Trinajstić information content (AvgIpc) is 2.91. The highest BCUT2D eigenvalue weighted by Gasteiger charge is 2.34. The van der Waals surface area contributed by atoms with Crippen molar-refractivity contribution in [1.29, 1.82) is 0 Å². The maximum atomic E-state index is 7.07. The highest BCUT2D eigenvalue weighted by Crippen LogP contribution is 2.24. The van der Waals surface area contributed by atoms with Gasteiger partial charge in [0.05, 0.1) is 0 Å². The van der Waals surface area contributed by atoms with Crippen molar-refractivity contribution in [3.8, 4) is 0 Å². The van der Waals surface area contributed by atoms with Crippen molar-refractivity contribution in [3.63, 3.8) is 0 Å². The van der Waals surface area contributed by atoms with Crippen LogP contribution in [0, 0.1) is 0 Å². The predicted molar refractivity (Wildman–Crippen MR) is 148 cm³/mol. The molecule has 0 heterocycles. The van der Waals surface area contributed by atoms with Gasteiger partial charge in [-0.15, -0.1) is 0 Å². The van der Waals surface area contributed by atoms with Crippen LogP contribution in [-0.2, 0) is 4.65 Å². The first kappa shape index (κ1) is 20.7. The first-order chi connectivity index (χ1) is 16.8. The summed E-state index contributed by atoms with van der Waals surface area (Å²) >= 11 is 0. The number of hydrogen-bond acceptors (Lipinski definition) is 1. The van der Waals surface area contributed by atoms with Crippen molar-refractivity contribution >= 4 is 55.1 Å². The molecule has 0 N–H and O–H groups in total. The van der Waals surface area contributed by atoms with Gasteiger partial charge in [-0.05, 0) is 29.7 Å². The number of hydrogen-bond donors (Lipinski definition) is 0. The first-order valence-electron chi connectivity index (χ1n) is 12.1. The molecular weight excluding hydrogens is 411 g/mol. The standard InChI is InChI=1S/C32H26BO/c1-2-34-33(30-21-9-15-24-12-3-6-18-27(24)30,31-22-10-16-25-13-4-7-19-28(25)31)32-23-11-17-26-14-5-8-20-29(26)32/h3-23H,2H2,1H3/q-1. The topological polar surface area (TPSA) is 9.23 Å². The quantitative estimate of drug-likeness (QED) is 0.294. The zero-order chi connectivity index (χ0) is 23.0. The lowest BCUT2D eigenvalue weighted by molar-refractivity contribution is 0.348. The molecule has 0 radical (unpaired) electrons. The Morgan fingerprint density at radius 2 is 0.765 bits per heavy atom. The third kappa shape index (κ3) is 3.14. The molecule has 0 atom stereocenters. The molecule has 0 unspecified atom stereocenters. The summed E-state index contributed by atoms with van der Waals surface area (Å²) in [6, 6.07) is 45.9. The molecule has 0 spiro atoms. The van der Waals surface area contributed by atoms with Crippen LogP contribution in [0.4, 0.5) is 0 Å². The fourth-order valence-electron chi connectivity index (χ4n) is 5.84. The second-order valence-corrected chi connectivity index (χ2v) is 8.95. The van der Waals surface area contributed by atoms with Crippen molar-refractivity contribution in [2.45, 2.75) is 6.92 Å². The zero-order valence-corrected chi connectivity index (χ0v) is 19.3. The summed E-state index contributed by atoms with van der Waals surface area (Å²) in [6.07, 6.45) is -1.74. The molecule has 0 bridgehead atoms. The number of fused-ring (bicyclic) bond motifs is 3. The minimum atomic E-state index is -1.74. The Morgan fingerprint density at radius 1 is 0.441 bits per heavy atom. The minimum absolute atomic E-state index is 0.607. The molecule has 6 aromatic carbocycles. The molecule has 0 saturated carbocycles. The van der Waals surface area contributed by atoms with E-state index in [-0.39, 0.29) is 0 Å². The second-order valence-electron chi connectivity index (χ2n) is 8.95. The van der Waals surface area contributed by atoms with Gasteiger partial charge in [-0.2, -0.15) is 16.4 Å². The highest BCUT2D eigenvalue weighted by molar-refractivity contribution is 7.10. The van der Waals surface area contributed by atoms with Crippen LogP contribution in [0.15, 0.2) is 127 Å². The lowest BCUT2D eigenvalue weighted by atomic mass is 9.27. The Morgan fingerprint density at radius 3 is 1.12 bits per heavy atom. The molecule has 0 fully saturated rings. The lowest BCUT2D eigenvalue weighted by Gasteiger charge is -2.45. The molecule has 34 heavy (non-hydrogen) atoms. The van der Waals surface area contributed by atoms with Crippen LogP contribution in [0.5, 0.6) is 0 Å². The van der Waals surface area contributed by atoms with Crippen molar-refractivity contribution in [3.05, 3.63) is 127 Å². The molecular formula is C32H26BO-. The molecule has 0 aliphatic heterocycles. The van der Waals surface area contributed by atoms with E-state index in [0.717, 1.165) is 0 Å². The van der Waals surface area contributed by atoms with E-state index in [1.165, 1.54) is 48.7 Å². The largest absolute Gasteiger partial charge is 0.579 e. The normalized spacial score (nSPS) is 11.9. The third-order valence-corrected chi connectivity index (χ3v) is 7.20. The summed E-state index contributed by atoms with van der Waals surface area (Å²) in [7, 11) is 0. The highest BCUT2D eigenvalue weighted by atomic mass is 16.4. The molecule has 6 rings (SSSR count). The zero-order valence-electron chi connectivity index (χ0n) is 19.3. The second kappa shape index (κ2) is 8.48. The summed E-state index contributed by atoms with van der Waals surface area (Å²) in [5.41, 5.74) is 3.69. The predicted octanol–water partition coefficient (Wildman–Crippen LogP) is 6.15. The van der Waals surface area contributed by atoms with Gasteiger partial charge in [0.2, 0.25) is 0 Å². The third-order valence-electron chi connectivity index (χ3n) is 7.20. The van der Waals surface area contributed by atoms with Gasteiger partial charge in [0.15, 0.2) is 6.35 Å². The van der Waals surface area contributed by atoms with Gasteiger partial charge >= 0.3 is 0 Å². The minimum Gasteiger partial charge on any atom is -0.579 e. The van der Waals surface area contributed by atoms with E-state index in [9.17, 15) is 0 Å². The maximum absolute atomic E-state index is 7.07. The van der Waals surface area contributed by atoms with Crippen molar-refractivity contribution < 1.29 is 4.65 Å². The van der Waals surface area contributed by atoms with E-state index in [2.05, 4.69) is 134 Å². The van der Waals surface area contributed by atoms with Crippen molar-refractivity contribution in [2.75, 3.05) is 6.61 Å². The van der Waals surface area contributed by atoms with Crippen LogP contribution in [0.25, 0.3) is 32.3 Å². The van der Waals surface area contributed by atoms with Gasteiger partial charge < -0.3 is 4.65 Å². The van der Waals surface area contributed by atoms with Gasteiger partial charge in [-0.25, -0.2) is 0 Å². The SMILES string of the molecule is CCO[B-](c1cccc2ccccc12)(c1cccc2ccccc12)c1cccc2ccccc12. The molecule has 0 aromatic heterocycles.